The van der Waals surface area contributed by atoms with E-state index in [1.165, 1.54) is 0 Å². The summed E-state index contributed by atoms with van der Waals surface area (Å²) in [5.41, 5.74) is -0.100. The van der Waals surface area contributed by atoms with E-state index in [0.717, 1.165) is 37.8 Å². The number of hydrogen-bond donors (Lipinski definition) is 0. The molecule has 10 heteroatoms. The van der Waals surface area contributed by atoms with Crippen LogP contribution in [0.5, 0.6) is 0 Å². The first-order valence-corrected chi connectivity index (χ1v) is 14.2. The Hall–Kier alpha value is 0.114. The highest BCUT2D eigenvalue weighted by Gasteiger charge is 2.41. The monoisotopic (exact) mass is 456 g/mol. The average molecular weight is 457 g/mol. The molecule has 0 saturated heterocycles. The fourth-order valence-corrected chi connectivity index (χ4v) is 7.01. The molecule has 0 aliphatic rings. The number of rotatable bonds is 20. The lowest BCUT2D eigenvalue weighted by atomic mass is 9.80. The van der Waals surface area contributed by atoms with Crippen molar-refractivity contribution in [2.45, 2.75) is 51.6 Å². The topological polar surface area (TPSA) is 73.8 Å². The Morgan fingerprint density at radius 1 is 0.552 bits per heavy atom. The van der Waals surface area contributed by atoms with E-state index >= 15 is 0 Å². The van der Waals surface area contributed by atoms with Gasteiger partial charge < -0.3 is 36.0 Å². The second-order valence-corrected chi connectivity index (χ2v) is 13.3. The Labute approximate surface area is 180 Å². The quantitative estimate of drug-likeness (QED) is 0.258. The molecule has 0 aliphatic heterocycles. The third-order valence-electron chi connectivity index (χ3n) is 5.47. The molecule has 0 spiro atoms. The zero-order valence-corrected chi connectivity index (χ0v) is 21.8. The zero-order valence-electron chi connectivity index (χ0n) is 19.8. The smallest absolute Gasteiger partial charge is 0.381 e. The van der Waals surface area contributed by atoms with Crippen molar-refractivity contribution in [2.75, 3.05) is 69.1 Å². The Bertz CT molecular complexity index is 340. The molecule has 0 heterocycles. The summed E-state index contributed by atoms with van der Waals surface area (Å²) in [5.74, 6) is 0. The minimum Gasteiger partial charge on any atom is -0.381 e. The van der Waals surface area contributed by atoms with E-state index in [1.54, 1.807) is 42.7 Å². The molecular weight excluding hydrogens is 412 g/mol. The van der Waals surface area contributed by atoms with Gasteiger partial charge in [-0.25, -0.2) is 0 Å². The zero-order chi connectivity index (χ0) is 22.2. The van der Waals surface area contributed by atoms with E-state index in [9.17, 15) is 0 Å². The predicted octanol–water partition coefficient (Wildman–Crippen LogP) is 3.36. The maximum atomic E-state index is 5.87. The van der Waals surface area contributed by atoms with Gasteiger partial charge >= 0.3 is 17.6 Å². The Morgan fingerprint density at radius 3 is 1.10 bits per heavy atom. The summed E-state index contributed by atoms with van der Waals surface area (Å²) in [4.78, 5) is 0. The first kappa shape index (κ1) is 29.1. The van der Waals surface area contributed by atoms with Crippen molar-refractivity contribution in [1.82, 2.24) is 0 Å². The van der Waals surface area contributed by atoms with Crippen LogP contribution < -0.4 is 0 Å². The lowest BCUT2D eigenvalue weighted by molar-refractivity contribution is -0.0285. The Balaban J connectivity index is 5.20. The summed E-state index contributed by atoms with van der Waals surface area (Å²) in [6.45, 7) is 6.67. The molecule has 0 amide bonds. The normalized spacial score (nSPS) is 13.2. The molecule has 0 radical (unpaired) electrons. The summed E-state index contributed by atoms with van der Waals surface area (Å²) in [6.07, 6.45) is 3.67. The fraction of sp³-hybridized carbons (Fsp3) is 1.00. The van der Waals surface area contributed by atoms with Crippen molar-refractivity contribution >= 4 is 17.6 Å². The van der Waals surface area contributed by atoms with E-state index in [2.05, 4.69) is 0 Å². The molecule has 0 rings (SSSR count). The van der Waals surface area contributed by atoms with E-state index in [1.807, 2.05) is 13.8 Å². The highest BCUT2D eigenvalue weighted by Crippen LogP contribution is 2.35. The van der Waals surface area contributed by atoms with Gasteiger partial charge in [0.1, 0.15) is 0 Å². The lowest BCUT2D eigenvalue weighted by Gasteiger charge is -2.35. The highest BCUT2D eigenvalue weighted by atomic mass is 28.4. The van der Waals surface area contributed by atoms with Crippen LogP contribution in [-0.2, 0) is 36.0 Å². The number of ether oxygens (including phenoxy) is 2. The largest absolute Gasteiger partial charge is 0.500 e. The summed E-state index contributed by atoms with van der Waals surface area (Å²) in [7, 11) is 4.71. The van der Waals surface area contributed by atoms with Crippen LogP contribution in [0.2, 0.25) is 12.1 Å². The molecule has 0 fully saturated rings. The highest BCUT2D eigenvalue weighted by molar-refractivity contribution is 6.60. The molecule has 8 nitrogen and oxygen atoms in total. The van der Waals surface area contributed by atoms with Gasteiger partial charge in [-0.1, -0.05) is 0 Å². The minimum atomic E-state index is -2.59. The standard InChI is InChI=1S/C19H44O8Si2/c1-9-26-17-19(18-27-10-2,13-11-15-28(20-3,21-4)22-5)14-12-16-29(23-6,24-7)25-8/h9-18H2,1-8H3. The van der Waals surface area contributed by atoms with Crippen molar-refractivity contribution in [3.8, 4) is 0 Å². The molecule has 0 aromatic carbocycles. The molecule has 0 saturated carbocycles. The molecule has 0 aromatic rings. The van der Waals surface area contributed by atoms with Gasteiger partial charge in [-0.15, -0.1) is 0 Å². The van der Waals surface area contributed by atoms with Crippen LogP contribution in [0.3, 0.4) is 0 Å². The SMILES string of the molecule is CCOCC(CCC[Si](OC)(OC)OC)(CCC[Si](OC)(OC)OC)COCC. The van der Waals surface area contributed by atoms with E-state index in [0.29, 0.717) is 26.4 Å². The number of hydrogen-bond acceptors (Lipinski definition) is 8. The Kier molecular flexibility index (Phi) is 15.9. The molecule has 176 valence electrons. The van der Waals surface area contributed by atoms with Crippen LogP contribution in [0.15, 0.2) is 0 Å². The molecule has 0 atom stereocenters. The average Bonchev–Trinajstić information content (AvgIpc) is 2.77. The van der Waals surface area contributed by atoms with Gasteiger partial charge in [-0.05, 0) is 39.5 Å². The van der Waals surface area contributed by atoms with E-state index < -0.39 is 17.6 Å². The van der Waals surface area contributed by atoms with Crippen LogP contribution in [-0.4, -0.2) is 86.7 Å². The second-order valence-electron chi connectivity index (χ2n) is 7.07. The van der Waals surface area contributed by atoms with Gasteiger partial charge in [0, 0.05) is 73.4 Å². The molecule has 0 bridgehead atoms. The Morgan fingerprint density at radius 2 is 0.862 bits per heavy atom. The van der Waals surface area contributed by atoms with Crippen molar-refractivity contribution in [2.24, 2.45) is 5.41 Å². The summed E-state index contributed by atoms with van der Waals surface area (Å²) >= 11 is 0. The van der Waals surface area contributed by atoms with Crippen LogP contribution in [0, 0.1) is 5.41 Å². The van der Waals surface area contributed by atoms with Crippen molar-refractivity contribution in [3.63, 3.8) is 0 Å². The van der Waals surface area contributed by atoms with Crippen LogP contribution in [0.4, 0.5) is 0 Å². The minimum absolute atomic E-state index is 0.100. The van der Waals surface area contributed by atoms with Gasteiger partial charge in [0.25, 0.3) is 0 Å². The van der Waals surface area contributed by atoms with Gasteiger partial charge in [0.15, 0.2) is 0 Å². The van der Waals surface area contributed by atoms with Crippen molar-refractivity contribution in [1.29, 1.82) is 0 Å². The van der Waals surface area contributed by atoms with Crippen LogP contribution in [0.25, 0.3) is 0 Å². The summed E-state index contributed by atoms with van der Waals surface area (Å²) in [6, 6.07) is 1.51. The molecular formula is C19H44O8Si2. The molecule has 0 N–H and O–H groups in total. The first-order chi connectivity index (χ1) is 13.9. The van der Waals surface area contributed by atoms with Crippen molar-refractivity contribution in [3.05, 3.63) is 0 Å². The van der Waals surface area contributed by atoms with Crippen LogP contribution >= 0.6 is 0 Å². The molecule has 0 aliphatic carbocycles. The first-order valence-electron chi connectivity index (χ1n) is 10.4. The maximum Gasteiger partial charge on any atom is 0.500 e. The van der Waals surface area contributed by atoms with Crippen molar-refractivity contribution < 1.29 is 36.0 Å². The third kappa shape index (κ3) is 9.85. The second kappa shape index (κ2) is 15.8. The van der Waals surface area contributed by atoms with Gasteiger partial charge in [-0.3, -0.25) is 0 Å². The third-order valence-corrected chi connectivity index (χ3v) is 11.1. The van der Waals surface area contributed by atoms with Gasteiger partial charge in [0.2, 0.25) is 0 Å². The molecule has 0 aromatic heterocycles. The maximum absolute atomic E-state index is 5.87. The van der Waals surface area contributed by atoms with Gasteiger partial charge in [-0.2, -0.15) is 0 Å². The van der Waals surface area contributed by atoms with E-state index in [4.69, 9.17) is 36.0 Å². The predicted molar refractivity (Wildman–Crippen MR) is 117 cm³/mol. The van der Waals surface area contributed by atoms with Gasteiger partial charge in [0.05, 0.1) is 13.2 Å². The summed E-state index contributed by atoms with van der Waals surface area (Å²) in [5, 5.41) is 0. The summed E-state index contributed by atoms with van der Waals surface area (Å²) < 4.78 is 45.2. The fourth-order valence-electron chi connectivity index (χ4n) is 3.56. The molecule has 0 unspecified atom stereocenters. The lowest BCUT2D eigenvalue weighted by Crippen LogP contribution is -2.44. The van der Waals surface area contributed by atoms with Crippen LogP contribution in [0.1, 0.15) is 39.5 Å². The molecule has 29 heavy (non-hydrogen) atoms. The van der Waals surface area contributed by atoms with E-state index in [-0.39, 0.29) is 5.41 Å².